The monoisotopic (exact) mass is 398 g/mol. The zero-order valence-corrected chi connectivity index (χ0v) is 17.5. The number of hydrogen-bond donors (Lipinski definition) is 2. The maximum atomic E-state index is 12.6. The molecule has 2 N–H and O–H groups in total. The Morgan fingerprint density at radius 1 is 1.18 bits per heavy atom. The van der Waals surface area contributed by atoms with E-state index < -0.39 is 6.04 Å². The zero-order chi connectivity index (χ0) is 20.7. The summed E-state index contributed by atoms with van der Waals surface area (Å²) in [7, 11) is 0. The van der Waals surface area contributed by atoms with Crippen molar-refractivity contribution in [3.63, 3.8) is 0 Å². The molecule has 0 radical (unpaired) electrons. The summed E-state index contributed by atoms with van der Waals surface area (Å²) in [4.78, 5) is 30.0. The van der Waals surface area contributed by atoms with Crippen LogP contribution >= 0.6 is 11.3 Å². The largest absolute Gasteiger partial charge is 0.344 e. The van der Waals surface area contributed by atoms with Crippen LogP contribution in [0.2, 0.25) is 0 Å². The van der Waals surface area contributed by atoms with E-state index in [1.807, 2.05) is 39.8 Å². The lowest BCUT2D eigenvalue weighted by Crippen LogP contribution is -2.47. The van der Waals surface area contributed by atoms with Gasteiger partial charge in [0.25, 0.3) is 0 Å². The number of nitriles is 1. The number of rotatable bonds is 8. The molecule has 1 heterocycles. The molecule has 0 spiro atoms. The van der Waals surface area contributed by atoms with E-state index in [1.165, 1.54) is 11.3 Å². The molecule has 0 saturated carbocycles. The number of aromatic nitrogens is 1. The van der Waals surface area contributed by atoms with E-state index in [0.29, 0.717) is 23.5 Å². The van der Waals surface area contributed by atoms with E-state index in [9.17, 15) is 9.59 Å². The number of carbonyl (C=O) groups excluding carboxylic acids is 2. The highest BCUT2D eigenvalue weighted by molar-refractivity contribution is 7.15. The van der Waals surface area contributed by atoms with E-state index in [1.54, 1.807) is 18.3 Å². The van der Waals surface area contributed by atoms with E-state index in [4.69, 9.17) is 5.26 Å². The maximum absolute atomic E-state index is 12.6. The first-order valence-electron chi connectivity index (χ1n) is 9.32. The number of benzene rings is 1. The van der Waals surface area contributed by atoms with Crippen molar-refractivity contribution >= 4 is 28.3 Å². The van der Waals surface area contributed by atoms with Gasteiger partial charge < -0.3 is 10.6 Å². The van der Waals surface area contributed by atoms with Crippen molar-refractivity contribution in [2.24, 2.45) is 11.8 Å². The minimum absolute atomic E-state index is 0.0332. The third-order valence-electron chi connectivity index (χ3n) is 4.10. The number of hydrogen-bond acceptors (Lipinski definition) is 5. The van der Waals surface area contributed by atoms with Crippen LogP contribution in [0.5, 0.6) is 0 Å². The first kappa shape index (κ1) is 21.6. The van der Waals surface area contributed by atoms with Crippen molar-refractivity contribution in [2.75, 3.05) is 5.32 Å². The Bertz CT molecular complexity index is 850. The SMILES string of the molecule is CC(C)CC(=O)NC(C(=O)Nc1ncc(Cc2ccc(C#N)cc2)s1)C(C)C. The highest BCUT2D eigenvalue weighted by Gasteiger charge is 2.25. The van der Waals surface area contributed by atoms with E-state index in [0.717, 1.165) is 10.4 Å². The second-order valence-electron chi connectivity index (χ2n) is 7.49. The molecule has 1 atom stereocenters. The summed E-state index contributed by atoms with van der Waals surface area (Å²) < 4.78 is 0. The van der Waals surface area contributed by atoms with Gasteiger partial charge in [0, 0.05) is 23.9 Å². The molecular formula is C21H26N4O2S. The number of anilines is 1. The summed E-state index contributed by atoms with van der Waals surface area (Å²) in [6.07, 6.45) is 2.81. The lowest BCUT2D eigenvalue weighted by Gasteiger charge is -2.21. The van der Waals surface area contributed by atoms with Crippen LogP contribution in [0.15, 0.2) is 30.5 Å². The van der Waals surface area contributed by atoms with Crippen LogP contribution in [0.3, 0.4) is 0 Å². The minimum atomic E-state index is -0.600. The fourth-order valence-electron chi connectivity index (χ4n) is 2.67. The van der Waals surface area contributed by atoms with Gasteiger partial charge in [-0.25, -0.2) is 4.98 Å². The van der Waals surface area contributed by atoms with Crippen LogP contribution in [0.25, 0.3) is 0 Å². The number of carbonyl (C=O) groups is 2. The fourth-order valence-corrected chi connectivity index (χ4v) is 3.52. The number of thiazole rings is 1. The van der Waals surface area contributed by atoms with Gasteiger partial charge in [-0.2, -0.15) is 5.26 Å². The Kier molecular flexibility index (Phi) is 7.70. The molecule has 148 valence electrons. The predicted octanol–water partition coefficient (Wildman–Crippen LogP) is 3.73. The van der Waals surface area contributed by atoms with E-state index in [2.05, 4.69) is 21.7 Å². The highest BCUT2D eigenvalue weighted by Crippen LogP contribution is 2.22. The second-order valence-corrected chi connectivity index (χ2v) is 8.61. The maximum Gasteiger partial charge on any atom is 0.248 e. The van der Waals surface area contributed by atoms with Crippen molar-refractivity contribution in [3.8, 4) is 6.07 Å². The molecule has 2 aromatic rings. The molecule has 0 aliphatic rings. The van der Waals surface area contributed by atoms with Crippen molar-refractivity contribution in [1.29, 1.82) is 5.26 Å². The van der Waals surface area contributed by atoms with Gasteiger partial charge in [0.15, 0.2) is 5.13 Å². The molecule has 0 fully saturated rings. The average Bonchev–Trinajstić information content (AvgIpc) is 3.06. The normalized spacial score (nSPS) is 11.9. The van der Waals surface area contributed by atoms with E-state index >= 15 is 0 Å². The average molecular weight is 399 g/mol. The van der Waals surface area contributed by atoms with Crippen LogP contribution in [0, 0.1) is 23.2 Å². The van der Waals surface area contributed by atoms with E-state index in [-0.39, 0.29) is 23.7 Å². The molecule has 1 aromatic heterocycles. The Morgan fingerprint density at radius 3 is 2.43 bits per heavy atom. The van der Waals surface area contributed by atoms with Gasteiger partial charge in [-0.05, 0) is 29.5 Å². The Morgan fingerprint density at radius 2 is 1.86 bits per heavy atom. The molecule has 2 rings (SSSR count). The standard InChI is InChI=1S/C21H26N4O2S/c1-13(2)9-18(26)24-19(14(3)4)20(27)25-21-23-12-17(28-21)10-15-5-7-16(11-22)8-6-15/h5-8,12-14,19H,9-10H2,1-4H3,(H,24,26)(H,23,25,27). The summed E-state index contributed by atoms with van der Waals surface area (Å²) in [5.74, 6) is -0.176. The molecule has 7 heteroatoms. The van der Waals surface area contributed by atoms with Gasteiger partial charge in [-0.3, -0.25) is 9.59 Å². The van der Waals surface area contributed by atoms with Gasteiger partial charge in [0.05, 0.1) is 11.6 Å². The van der Waals surface area contributed by atoms with Crippen molar-refractivity contribution < 1.29 is 9.59 Å². The van der Waals surface area contributed by atoms with Crippen LogP contribution in [-0.4, -0.2) is 22.8 Å². The summed E-state index contributed by atoms with van der Waals surface area (Å²) in [6, 6.07) is 8.89. The molecule has 6 nitrogen and oxygen atoms in total. The molecule has 1 aromatic carbocycles. The molecule has 1 unspecified atom stereocenters. The smallest absolute Gasteiger partial charge is 0.248 e. The molecule has 2 amide bonds. The number of nitrogens with one attached hydrogen (secondary N) is 2. The van der Waals surface area contributed by atoms with Crippen molar-refractivity contribution in [2.45, 2.75) is 46.6 Å². The van der Waals surface area contributed by atoms with Crippen LogP contribution < -0.4 is 10.6 Å². The lowest BCUT2D eigenvalue weighted by molar-refractivity contribution is -0.127. The molecule has 28 heavy (non-hydrogen) atoms. The Labute approximate surface area is 170 Å². The topological polar surface area (TPSA) is 94.9 Å². The molecule has 0 bridgehead atoms. The minimum Gasteiger partial charge on any atom is -0.344 e. The van der Waals surface area contributed by atoms with Gasteiger partial charge >= 0.3 is 0 Å². The third-order valence-corrected chi connectivity index (χ3v) is 5.02. The molecule has 0 aliphatic heterocycles. The van der Waals surface area contributed by atoms with Gasteiger partial charge in [0.2, 0.25) is 11.8 Å². The molecular weight excluding hydrogens is 372 g/mol. The van der Waals surface area contributed by atoms with Crippen LogP contribution in [0.1, 0.15) is 50.1 Å². The highest BCUT2D eigenvalue weighted by atomic mass is 32.1. The quantitative estimate of drug-likeness (QED) is 0.708. The summed E-state index contributed by atoms with van der Waals surface area (Å²) in [5.41, 5.74) is 1.70. The Hall–Kier alpha value is -2.72. The summed E-state index contributed by atoms with van der Waals surface area (Å²) in [5, 5.41) is 15.0. The fraction of sp³-hybridized carbons (Fsp3) is 0.429. The predicted molar refractivity (Wildman–Crippen MR) is 111 cm³/mol. The van der Waals surface area contributed by atoms with Gasteiger partial charge in [-0.15, -0.1) is 11.3 Å². The number of amides is 2. The summed E-state index contributed by atoms with van der Waals surface area (Å²) >= 11 is 1.40. The van der Waals surface area contributed by atoms with Crippen LogP contribution in [0.4, 0.5) is 5.13 Å². The molecule has 0 aliphatic carbocycles. The third kappa shape index (κ3) is 6.46. The van der Waals surface area contributed by atoms with Gasteiger partial charge in [0.1, 0.15) is 6.04 Å². The van der Waals surface area contributed by atoms with Crippen LogP contribution in [-0.2, 0) is 16.0 Å². The van der Waals surface area contributed by atoms with Gasteiger partial charge in [-0.1, -0.05) is 39.8 Å². The lowest BCUT2D eigenvalue weighted by atomic mass is 10.0. The second kappa shape index (κ2) is 10.00. The first-order valence-corrected chi connectivity index (χ1v) is 10.1. The summed E-state index contributed by atoms with van der Waals surface area (Å²) in [6.45, 7) is 7.74. The Balaban J connectivity index is 1.98. The van der Waals surface area contributed by atoms with Crippen molar-refractivity contribution in [3.05, 3.63) is 46.5 Å². The molecule has 0 saturated heterocycles. The zero-order valence-electron chi connectivity index (χ0n) is 16.7. The first-order chi connectivity index (χ1) is 13.3. The van der Waals surface area contributed by atoms with Crippen molar-refractivity contribution in [1.82, 2.24) is 10.3 Å². The number of nitrogens with zero attached hydrogens (tertiary/aromatic N) is 2.